The molecule has 1 aliphatic heterocycles. The normalized spacial score (nSPS) is 22.8. The topological polar surface area (TPSA) is 107 Å². The van der Waals surface area contributed by atoms with Crippen LogP contribution in [0.1, 0.15) is 22.9 Å². The van der Waals surface area contributed by atoms with Gasteiger partial charge in [0.2, 0.25) is 0 Å². The van der Waals surface area contributed by atoms with Gasteiger partial charge >= 0.3 is 6.09 Å². The summed E-state index contributed by atoms with van der Waals surface area (Å²) in [6, 6.07) is 3.05. The summed E-state index contributed by atoms with van der Waals surface area (Å²) in [5.74, 6) is -1.90. The van der Waals surface area contributed by atoms with E-state index in [2.05, 4.69) is 20.6 Å². The van der Waals surface area contributed by atoms with Crippen LogP contribution in [-0.4, -0.2) is 39.4 Å². The van der Waals surface area contributed by atoms with Crippen molar-refractivity contribution in [1.29, 1.82) is 0 Å². The van der Waals surface area contributed by atoms with Crippen LogP contribution in [0.4, 0.5) is 13.6 Å². The third-order valence-electron chi connectivity index (χ3n) is 4.30. The molecule has 1 aliphatic rings. The van der Waals surface area contributed by atoms with E-state index >= 15 is 0 Å². The zero-order valence-electron chi connectivity index (χ0n) is 13.0. The number of aromatic nitrogens is 2. The lowest BCUT2D eigenvalue weighted by Crippen LogP contribution is -2.51. The number of aliphatic hydroxyl groups excluding tert-OH is 1. The van der Waals surface area contributed by atoms with E-state index in [1.807, 2.05) is 0 Å². The highest BCUT2D eigenvalue weighted by Crippen LogP contribution is 2.39. The summed E-state index contributed by atoms with van der Waals surface area (Å²) in [6.45, 7) is 0.0595. The summed E-state index contributed by atoms with van der Waals surface area (Å²) in [5.41, 5.74) is -0.878. The van der Waals surface area contributed by atoms with Gasteiger partial charge in [-0.3, -0.25) is 0 Å². The molecule has 9 heteroatoms. The number of hydrogen-bond donors (Lipinski definition) is 4. The van der Waals surface area contributed by atoms with Gasteiger partial charge in [-0.05, 0) is 23.8 Å². The second kappa shape index (κ2) is 6.69. The molecule has 2 aromatic rings. The van der Waals surface area contributed by atoms with E-state index in [9.17, 15) is 18.7 Å². The van der Waals surface area contributed by atoms with Crippen molar-refractivity contribution in [2.45, 2.75) is 18.1 Å². The number of benzene rings is 1. The van der Waals surface area contributed by atoms with E-state index in [4.69, 9.17) is 5.11 Å². The van der Waals surface area contributed by atoms with Crippen LogP contribution in [0.3, 0.4) is 0 Å². The van der Waals surface area contributed by atoms with Crippen LogP contribution in [0.5, 0.6) is 0 Å². The Labute approximate surface area is 141 Å². The number of nitrogens with one attached hydrogen (secondary N) is 2. The SMILES string of the molecule is O=C(O)N[C@@]1(c2ncc(CO)cn2)CNC[C@@H]1c1cc(F)ccc1F. The molecule has 1 fully saturated rings. The lowest BCUT2D eigenvalue weighted by atomic mass is 9.80. The molecule has 0 saturated carbocycles. The smallest absolute Gasteiger partial charge is 0.405 e. The van der Waals surface area contributed by atoms with Crippen LogP contribution in [0.15, 0.2) is 30.6 Å². The highest BCUT2D eigenvalue weighted by molar-refractivity contribution is 5.66. The minimum atomic E-state index is -1.37. The summed E-state index contributed by atoms with van der Waals surface area (Å²) in [5, 5.41) is 23.8. The summed E-state index contributed by atoms with van der Waals surface area (Å²) >= 11 is 0. The molecule has 1 saturated heterocycles. The van der Waals surface area contributed by atoms with Crippen molar-refractivity contribution >= 4 is 6.09 Å². The van der Waals surface area contributed by atoms with E-state index in [0.29, 0.717) is 5.56 Å². The highest BCUT2D eigenvalue weighted by Gasteiger charge is 2.49. The fourth-order valence-corrected chi connectivity index (χ4v) is 3.15. The second-order valence-electron chi connectivity index (χ2n) is 5.82. The van der Waals surface area contributed by atoms with Crippen molar-refractivity contribution in [3.05, 3.63) is 59.2 Å². The van der Waals surface area contributed by atoms with Gasteiger partial charge in [-0.2, -0.15) is 0 Å². The van der Waals surface area contributed by atoms with E-state index in [0.717, 1.165) is 18.2 Å². The molecular weight excluding hydrogens is 334 g/mol. The largest absolute Gasteiger partial charge is 0.465 e. The molecule has 0 bridgehead atoms. The Morgan fingerprint density at radius 1 is 1.36 bits per heavy atom. The Kier molecular flexibility index (Phi) is 4.60. The van der Waals surface area contributed by atoms with Crippen molar-refractivity contribution in [3.8, 4) is 0 Å². The molecular formula is C16H16F2N4O3. The average molecular weight is 350 g/mol. The summed E-state index contributed by atoms with van der Waals surface area (Å²) in [4.78, 5) is 19.6. The fraction of sp³-hybridized carbons (Fsp3) is 0.312. The lowest BCUT2D eigenvalue weighted by molar-refractivity contribution is 0.173. The fourth-order valence-electron chi connectivity index (χ4n) is 3.15. The maximum absolute atomic E-state index is 14.3. The first-order chi connectivity index (χ1) is 12.0. The van der Waals surface area contributed by atoms with Gasteiger partial charge < -0.3 is 20.8 Å². The van der Waals surface area contributed by atoms with Crippen LogP contribution in [0.2, 0.25) is 0 Å². The minimum absolute atomic E-state index is 0.0357. The summed E-state index contributed by atoms with van der Waals surface area (Å²) < 4.78 is 27.9. The number of carbonyl (C=O) groups is 1. The number of nitrogens with zero attached hydrogens (tertiary/aromatic N) is 2. The molecule has 0 aliphatic carbocycles. The van der Waals surface area contributed by atoms with Crippen LogP contribution >= 0.6 is 0 Å². The number of rotatable bonds is 4. The van der Waals surface area contributed by atoms with Crippen molar-refractivity contribution in [2.24, 2.45) is 0 Å². The number of aliphatic hydroxyl groups is 1. The predicted octanol–water partition coefficient (Wildman–Crippen LogP) is 1.10. The maximum Gasteiger partial charge on any atom is 0.405 e. The number of amides is 1. The molecule has 4 N–H and O–H groups in total. The first kappa shape index (κ1) is 17.2. The zero-order chi connectivity index (χ0) is 18.0. The van der Waals surface area contributed by atoms with E-state index < -0.39 is 29.2 Å². The average Bonchev–Trinajstić information content (AvgIpc) is 3.01. The Morgan fingerprint density at radius 2 is 2.08 bits per heavy atom. The molecule has 1 aromatic carbocycles. The van der Waals surface area contributed by atoms with Gasteiger partial charge in [0, 0.05) is 37.0 Å². The van der Waals surface area contributed by atoms with Gasteiger partial charge in [0.15, 0.2) is 5.82 Å². The zero-order valence-corrected chi connectivity index (χ0v) is 13.0. The predicted molar refractivity (Wildman–Crippen MR) is 82.8 cm³/mol. The van der Waals surface area contributed by atoms with Crippen LogP contribution in [0, 0.1) is 11.6 Å². The molecule has 2 heterocycles. The third kappa shape index (κ3) is 3.15. The van der Waals surface area contributed by atoms with Crippen LogP contribution < -0.4 is 10.6 Å². The number of halogens is 2. The van der Waals surface area contributed by atoms with Gasteiger partial charge in [0.05, 0.1) is 6.61 Å². The Hall–Kier alpha value is -2.65. The first-order valence-corrected chi connectivity index (χ1v) is 7.55. The first-order valence-electron chi connectivity index (χ1n) is 7.55. The van der Waals surface area contributed by atoms with Crippen molar-refractivity contribution in [3.63, 3.8) is 0 Å². The molecule has 0 unspecified atom stereocenters. The Morgan fingerprint density at radius 3 is 2.72 bits per heavy atom. The molecule has 1 amide bonds. The van der Waals surface area contributed by atoms with Crippen molar-refractivity contribution < 1.29 is 23.8 Å². The monoisotopic (exact) mass is 350 g/mol. The molecule has 0 spiro atoms. The third-order valence-corrected chi connectivity index (χ3v) is 4.30. The Bertz CT molecular complexity index is 787. The van der Waals surface area contributed by atoms with Crippen LogP contribution in [0.25, 0.3) is 0 Å². The van der Waals surface area contributed by atoms with Gasteiger partial charge in [-0.1, -0.05) is 0 Å². The number of carboxylic acid groups (broad SMARTS) is 1. The molecule has 7 nitrogen and oxygen atoms in total. The van der Waals surface area contributed by atoms with Crippen molar-refractivity contribution in [1.82, 2.24) is 20.6 Å². The van der Waals surface area contributed by atoms with Crippen molar-refractivity contribution in [2.75, 3.05) is 13.1 Å². The summed E-state index contributed by atoms with van der Waals surface area (Å²) in [7, 11) is 0. The van der Waals surface area contributed by atoms with E-state index in [-0.39, 0.29) is 31.1 Å². The maximum atomic E-state index is 14.3. The van der Waals surface area contributed by atoms with Gasteiger partial charge in [0.1, 0.15) is 17.2 Å². The minimum Gasteiger partial charge on any atom is -0.465 e. The van der Waals surface area contributed by atoms with Gasteiger partial charge in [-0.15, -0.1) is 0 Å². The molecule has 2 atom stereocenters. The van der Waals surface area contributed by atoms with Crippen LogP contribution in [-0.2, 0) is 12.1 Å². The van der Waals surface area contributed by atoms with E-state index in [1.54, 1.807) is 0 Å². The molecule has 3 rings (SSSR count). The quantitative estimate of drug-likeness (QED) is 0.658. The Balaban J connectivity index is 2.12. The molecule has 1 aromatic heterocycles. The second-order valence-corrected chi connectivity index (χ2v) is 5.82. The number of hydrogen-bond acceptors (Lipinski definition) is 5. The highest BCUT2D eigenvalue weighted by atomic mass is 19.1. The standard InChI is InChI=1S/C16H16F2N4O3/c17-10-1-2-13(18)11(3-10)12-6-19-8-16(12,22-15(24)25)14-20-4-9(7-23)5-21-14/h1-5,12,19,22-23H,6-8H2,(H,24,25)/t12-,16+/m1/s1. The molecule has 0 radical (unpaired) electrons. The van der Waals surface area contributed by atoms with Gasteiger partial charge in [0.25, 0.3) is 0 Å². The molecule has 25 heavy (non-hydrogen) atoms. The lowest BCUT2D eigenvalue weighted by Gasteiger charge is -2.33. The van der Waals surface area contributed by atoms with E-state index in [1.165, 1.54) is 12.4 Å². The molecule has 132 valence electrons. The summed E-state index contributed by atoms with van der Waals surface area (Å²) in [6.07, 6.45) is 1.40. The van der Waals surface area contributed by atoms with Gasteiger partial charge in [-0.25, -0.2) is 23.5 Å².